The highest BCUT2D eigenvalue weighted by Gasteiger charge is 2.22. The van der Waals surface area contributed by atoms with Gasteiger partial charge in [-0.1, -0.05) is 0 Å². The molecule has 0 unspecified atom stereocenters. The van der Waals surface area contributed by atoms with Crippen LogP contribution in [0, 0.1) is 10.1 Å². The topological polar surface area (TPSA) is 56.0 Å². The Labute approximate surface area is 79.9 Å². The van der Waals surface area contributed by atoms with Crippen molar-refractivity contribution in [1.82, 2.24) is 4.98 Å². The lowest BCUT2D eigenvalue weighted by molar-refractivity contribution is -0.386. The Morgan fingerprint density at radius 3 is 2.69 bits per heavy atom. The Balaban J connectivity index is 3.27. The fourth-order valence-electron chi connectivity index (χ4n) is 0.757. The number of pyridine rings is 1. The SMILES string of the molecule is O=[N+]([O-])c1cc(Br)ncc1C(F)F. The molecule has 0 saturated carbocycles. The van der Waals surface area contributed by atoms with E-state index in [9.17, 15) is 18.9 Å². The van der Waals surface area contributed by atoms with Gasteiger partial charge < -0.3 is 0 Å². The zero-order chi connectivity index (χ0) is 10.0. The molecule has 1 heterocycles. The van der Waals surface area contributed by atoms with E-state index in [0.717, 1.165) is 12.3 Å². The lowest BCUT2D eigenvalue weighted by Crippen LogP contribution is -1.97. The van der Waals surface area contributed by atoms with Gasteiger partial charge in [-0.25, -0.2) is 13.8 Å². The van der Waals surface area contributed by atoms with E-state index in [1.165, 1.54) is 0 Å². The third-order valence-electron chi connectivity index (χ3n) is 1.31. The first-order valence-corrected chi connectivity index (χ1v) is 3.89. The molecule has 0 aromatic carbocycles. The Bertz CT molecular complexity index is 345. The largest absolute Gasteiger partial charge is 0.282 e. The van der Waals surface area contributed by atoms with Gasteiger partial charge in [0.2, 0.25) is 0 Å². The van der Waals surface area contributed by atoms with E-state index in [0.29, 0.717) is 0 Å². The fourth-order valence-corrected chi connectivity index (χ4v) is 1.08. The van der Waals surface area contributed by atoms with Gasteiger partial charge in [0.15, 0.2) is 0 Å². The van der Waals surface area contributed by atoms with Gasteiger partial charge in [-0.15, -0.1) is 0 Å². The van der Waals surface area contributed by atoms with Crippen molar-refractivity contribution in [2.45, 2.75) is 6.43 Å². The number of alkyl halides is 2. The van der Waals surface area contributed by atoms with Crippen molar-refractivity contribution >= 4 is 21.6 Å². The molecule has 4 nitrogen and oxygen atoms in total. The number of hydrogen-bond acceptors (Lipinski definition) is 3. The molecule has 70 valence electrons. The molecule has 0 aliphatic heterocycles. The summed E-state index contributed by atoms with van der Waals surface area (Å²) in [5.74, 6) is 0. The van der Waals surface area contributed by atoms with Gasteiger partial charge in [0.05, 0.1) is 4.92 Å². The van der Waals surface area contributed by atoms with Crippen LogP contribution in [0.4, 0.5) is 14.5 Å². The molecule has 0 aliphatic rings. The molecule has 0 saturated heterocycles. The Kier molecular flexibility index (Phi) is 2.86. The first kappa shape index (κ1) is 9.97. The molecule has 0 fully saturated rings. The number of nitrogens with zero attached hydrogens (tertiary/aromatic N) is 2. The van der Waals surface area contributed by atoms with Crippen LogP contribution in [0.2, 0.25) is 0 Å². The van der Waals surface area contributed by atoms with Gasteiger partial charge in [-0.3, -0.25) is 10.1 Å². The molecule has 0 bridgehead atoms. The van der Waals surface area contributed by atoms with E-state index in [2.05, 4.69) is 20.9 Å². The van der Waals surface area contributed by atoms with E-state index < -0.39 is 22.6 Å². The minimum absolute atomic E-state index is 0.156. The molecule has 0 spiro atoms. The minimum atomic E-state index is -2.89. The van der Waals surface area contributed by atoms with Crippen LogP contribution in [-0.2, 0) is 0 Å². The predicted octanol–water partition coefficient (Wildman–Crippen LogP) is 2.69. The maximum absolute atomic E-state index is 12.2. The van der Waals surface area contributed by atoms with Gasteiger partial charge in [0.25, 0.3) is 12.1 Å². The second kappa shape index (κ2) is 3.73. The second-order valence-electron chi connectivity index (χ2n) is 2.12. The molecular formula is C6H3BrF2N2O2. The third-order valence-corrected chi connectivity index (χ3v) is 1.74. The van der Waals surface area contributed by atoms with Crippen LogP contribution >= 0.6 is 15.9 Å². The molecule has 1 aromatic heterocycles. The highest BCUT2D eigenvalue weighted by molar-refractivity contribution is 9.10. The number of halogens is 3. The smallest absolute Gasteiger partial charge is 0.258 e. The number of aromatic nitrogens is 1. The average Bonchev–Trinajstić information content (AvgIpc) is 2.03. The van der Waals surface area contributed by atoms with Gasteiger partial charge in [-0.05, 0) is 15.9 Å². The van der Waals surface area contributed by atoms with Crippen LogP contribution in [0.5, 0.6) is 0 Å². The summed E-state index contributed by atoms with van der Waals surface area (Å²) in [5.41, 5.74) is -1.30. The molecule has 0 radical (unpaired) electrons. The Morgan fingerprint density at radius 1 is 1.62 bits per heavy atom. The predicted molar refractivity (Wildman–Crippen MR) is 43.5 cm³/mol. The summed E-state index contributed by atoms with van der Waals surface area (Å²) in [6.45, 7) is 0. The molecule has 0 atom stereocenters. The zero-order valence-electron chi connectivity index (χ0n) is 6.08. The summed E-state index contributed by atoms with van der Waals surface area (Å²) >= 11 is 2.85. The summed E-state index contributed by atoms with van der Waals surface area (Å²) in [6.07, 6.45) is -2.10. The Morgan fingerprint density at radius 2 is 2.23 bits per heavy atom. The van der Waals surface area contributed by atoms with Crippen molar-refractivity contribution in [2.24, 2.45) is 0 Å². The molecule has 0 amide bonds. The molecule has 1 rings (SSSR count). The van der Waals surface area contributed by atoms with E-state index in [1.807, 2.05) is 0 Å². The maximum atomic E-state index is 12.2. The monoisotopic (exact) mass is 252 g/mol. The third kappa shape index (κ3) is 2.18. The van der Waals surface area contributed by atoms with Crippen LogP contribution in [0.1, 0.15) is 12.0 Å². The quantitative estimate of drug-likeness (QED) is 0.462. The zero-order valence-corrected chi connectivity index (χ0v) is 7.66. The van der Waals surface area contributed by atoms with Crippen LogP contribution in [0.3, 0.4) is 0 Å². The highest BCUT2D eigenvalue weighted by atomic mass is 79.9. The van der Waals surface area contributed by atoms with Gasteiger partial charge in [-0.2, -0.15) is 0 Å². The van der Waals surface area contributed by atoms with E-state index >= 15 is 0 Å². The lowest BCUT2D eigenvalue weighted by atomic mass is 10.2. The molecule has 0 N–H and O–H groups in total. The van der Waals surface area contributed by atoms with Crippen LogP contribution < -0.4 is 0 Å². The van der Waals surface area contributed by atoms with E-state index in [4.69, 9.17) is 0 Å². The maximum Gasteiger partial charge on any atom is 0.282 e. The molecule has 1 aromatic rings. The van der Waals surface area contributed by atoms with Crippen molar-refractivity contribution < 1.29 is 13.7 Å². The Hall–Kier alpha value is -1.11. The number of hydrogen-bond donors (Lipinski definition) is 0. The summed E-state index contributed by atoms with van der Waals surface area (Å²) in [7, 11) is 0. The summed E-state index contributed by atoms with van der Waals surface area (Å²) in [4.78, 5) is 12.9. The first-order valence-electron chi connectivity index (χ1n) is 3.10. The summed E-state index contributed by atoms with van der Waals surface area (Å²) < 4.78 is 24.5. The van der Waals surface area contributed by atoms with Crippen molar-refractivity contribution in [3.8, 4) is 0 Å². The summed E-state index contributed by atoms with van der Waals surface area (Å²) in [6, 6.07) is 0.946. The van der Waals surface area contributed by atoms with E-state index in [1.54, 1.807) is 0 Å². The van der Waals surface area contributed by atoms with Gasteiger partial charge in [0.1, 0.15) is 10.2 Å². The highest BCUT2D eigenvalue weighted by Crippen LogP contribution is 2.29. The lowest BCUT2D eigenvalue weighted by Gasteiger charge is -2.00. The van der Waals surface area contributed by atoms with Gasteiger partial charge >= 0.3 is 0 Å². The van der Waals surface area contributed by atoms with E-state index in [-0.39, 0.29) is 4.60 Å². The van der Waals surface area contributed by atoms with Crippen molar-refractivity contribution in [3.63, 3.8) is 0 Å². The summed E-state index contributed by atoms with van der Waals surface area (Å²) in [5, 5.41) is 10.3. The fraction of sp³-hybridized carbons (Fsp3) is 0.167. The first-order chi connectivity index (χ1) is 6.02. The number of rotatable bonds is 2. The minimum Gasteiger partial charge on any atom is -0.258 e. The van der Waals surface area contributed by atoms with Gasteiger partial charge in [0, 0.05) is 12.3 Å². The normalized spacial score (nSPS) is 10.5. The number of nitro groups is 1. The van der Waals surface area contributed by atoms with Crippen molar-refractivity contribution in [1.29, 1.82) is 0 Å². The molecule has 7 heteroatoms. The molecular weight excluding hydrogens is 250 g/mol. The second-order valence-corrected chi connectivity index (χ2v) is 2.94. The standard InChI is InChI=1S/C6H3BrF2N2O2/c7-5-1-4(11(12)13)3(2-10-5)6(8)9/h1-2,6H. The average molecular weight is 253 g/mol. The van der Waals surface area contributed by atoms with Crippen molar-refractivity contribution in [2.75, 3.05) is 0 Å². The molecule has 13 heavy (non-hydrogen) atoms. The van der Waals surface area contributed by atoms with Crippen LogP contribution in [0.25, 0.3) is 0 Å². The van der Waals surface area contributed by atoms with Crippen molar-refractivity contribution in [3.05, 3.63) is 32.5 Å². The molecule has 0 aliphatic carbocycles. The van der Waals surface area contributed by atoms with Crippen LogP contribution in [0.15, 0.2) is 16.9 Å². The van der Waals surface area contributed by atoms with Crippen LogP contribution in [-0.4, -0.2) is 9.91 Å².